The van der Waals surface area contributed by atoms with Crippen LogP contribution in [0.4, 0.5) is 5.82 Å². The summed E-state index contributed by atoms with van der Waals surface area (Å²) in [5.74, 6) is 0.455. The van der Waals surface area contributed by atoms with Crippen LogP contribution in [-0.2, 0) is 4.79 Å². The summed E-state index contributed by atoms with van der Waals surface area (Å²) >= 11 is 3.33. The van der Waals surface area contributed by atoms with E-state index in [0.29, 0.717) is 34.4 Å². The number of halogens is 1. The molecule has 2 aromatic rings. The SMILES string of the molecule is O=C1CC(CO)CN1c1ncnc2n[nH]c(Br)c12. The van der Waals surface area contributed by atoms with Crippen molar-refractivity contribution >= 4 is 38.7 Å². The van der Waals surface area contributed by atoms with Gasteiger partial charge < -0.3 is 5.11 Å². The average Bonchev–Trinajstić information content (AvgIpc) is 2.93. The van der Waals surface area contributed by atoms with E-state index in [-0.39, 0.29) is 18.4 Å². The molecule has 1 atom stereocenters. The minimum absolute atomic E-state index is 0.00300. The van der Waals surface area contributed by atoms with E-state index < -0.39 is 0 Å². The Labute approximate surface area is 110 Å². The van der Waals surface area contributed by atoms with E-state index >= 15 is 0 Å². The van der Waals surface area contributed by atoms with Crippen LogP contribution in [0.3, 0.4) is 0 Å². The molecule has 1 fully saturated rings. The van der Waals surface area contributed by atoms with Gasteiger partial charge in [-0.25, -0.2) is 9.97 Å². The molecule has 1 aliphatic rings. The quantitative estimate of drug-likeness (QED) is 0.840. The third kappa shape index (κ3) is 1.68. The normalized spacial score (nSPS) is 20.0. The Kier molecular flexibility index (Phi) is 2.75. The van der Waals surface area contributed by atoms with Gasteiger partial charge in [0.25, 0.3) is 0 Å². The van der Waals surface area contributed by atoms with E-state index in [1.54, 1.807) is 4.90 Å². The number of hydrogen-bond acceptors (Lipinski definition) is 5. The lowest BCUT2D eigenvalue weighted by molar-refractivity contribution is -0.117. The predicted octanol–water partition coefficient (Wildman–Crippen LogP) is 0.461. The van der Waals surface area contributed by atoms with Crippen LogP contribution in [0.1, 0.15) is 6.42 Å². The van der Waals surface area contributed by atoms with Gasteiger partial charge in [-0.2, -0.15) is 5.10 Å². The zero-order valence-corrected chi connectivity index (χ0v) is 10.9. The Morgan fingerprint density at radius 1 is 1.56 bits per heavy atom. The van der Waals surface area contributed by atoms with Gasteiger partial charge in [0.15, 0.2) is 11.5 Å². The summed E-state index contributed by atoms with van der Waals surface area (Å²) in [7, 11) is 0. The molecule has 0 radical (unpaired) electrons. The molecule has 7 nitrogen and oxygen atoms in total. The van der Waals surface area contributed by atoms with Gasteiger partial charge in [0.2, 0.25) is 5.91 Å². The van der Waals surface area contributed by atoms with Crippen molar-refractivity contribution in [3.63, 3.8) is 0 Å². The maximum Gasteiger partial charge on any atom is 0.228 e. The van der Waals surface area contributed by atoms with Gasteiger partial charge >= 0.3 is 0 Å². The summed E-state index contributed by atoms with van der Waals surface area (Å²) < 4.78 is 0.647. The van der Waals surface area contributed by atoms with Crippen LogP contribution in [-0.4, -0.2) is 44.3 Å². The number of aromatic amines is 1. The lowest BCUT2D eigenvalue weighted by Crippen LogP contribution is -2.26. The van der Waals surface area contributed by atoms with Crippen molar-refractivity contribution in [3.8, 4) is 0 Å². The number of rotatable bonds is 2. The van der Waals surface area contributed by atoms with Gasteiger partial charge in [-0.3, -0.25) is 14.8 Å². The zero-order chi connectivity index (χ0) is 12.7. The number of fused-ring (bicyclic) bond motifs is 1. The van der Waals surface area contributed by atoms with E-state index in [9.17, 15) is 4.79 Å². The van der Waals surface area contributed by atoms with E-state index in [0.717, 1.165) is 0 Å². The van der Waals surface area contributed by atoms with Crippen molar-refractivity contribution in [3.05, 3.63) is 10.9 Å². The van der Waals surface area contributed by atoms with E-state index in [2.05, 4.69) is 36.1 Å². The molecule has 1 amide bonds. The summed E-state index contributed by atoms with van der Waals surface area (Å²) in [5.41, 5.74) is 0.507. The zero-order valence-electron chi connectivity index (χ0n) is 9.30. The topological polar surface area (TPSA) is 95.0 Å². The molecule has 94 valence electrons. The lowest BCUT2D eigenvalue weighted by Gasteiger charge is -2.15. The van der Waals surface area contributed by atoms with Gasteiger partial charge in [-0.15, -0.1) is 0 Å². The van der Waals surface area contributed by atoms with Crippen molar-refractivity contribution < 1.29 is 9.90 Å². The molecular weight excluding hydrogens is 302 g/mol. The number of amides is 1. The smallest absolute Gasteiger partial charge is 0.228 e. The molecule has 0 bridgehead atoms. The first-order valence-corrected chi connectivity index (χ1v) is 6.25. The maximum absolute atomic E-state index is 11.9. The van der Waals surface area contributed by atoms with Crippen LogP contribution in [0.2, 0.25) is 0 Å². The Balaban J connectivity index is 2.09. The second-order valence-electron chi connectivity index (χ2n) is 4.19. The molecule has 2 aromatic heterocycles. The number of H-pyrrole nitrogens is 1. The fourth-order valence-corrected chi connectivity index (χ4v) is 2.56. The molecule has 3 rings (SSSR count). The van der Waals surface area contributed by atoms with Gasteiger partial charge in [-0.1, -0.05) is 0 Å². The van der Waals surface area contributed by atoms with E-state index in [1.165, 1.54) is 6.33 Å². The molecule has 0 aliphatic carbocycles. The molecule has 3 heterocycles. The summed E-state index contributed by atoms with van der Waals surface area (Å²) in [6.45, 7) is 0.474. The largest absolute Gasteiger partial charge is 0.396 e. The molecular formula is C10H10BrN5O2. The number of carbonyl (C=O) groups is 1. The standard InChI is InChI=1S/C10H10BrN5O2/c11-8-7-9(15-14-8)12-4-13-10(7)16-2-5(3-17)1-6(16)18/h4-5,17H,1-3H2,(H,12,13,14,15). The molecule has 18 heavy (non-hydrogen) atoms. The second kappa shape index (κ2) is 4.29. The Bertz CT molecular complexity index is 613. The van der Waals surface area contributed by atoms with E-state index in [4.69, 9.17) is 5.11 Å². The van der Waals surface area contributed by atoms with Crippen molar-refractivity contribution in [2.45, 2.75) is 6.42 Å². The van der Waals surface area contributed by atoms with Crippen LogP contribution < -0.4 is 4.90 Å². The summed E-state index contributed by atoms with van der Waals surface area (Å²) in [6, 6.07) is 0. The molecule has 1 unspecified atom stereocenters. The minimum Gasteiger partial charge on any atom is -0.396 e. The Morgan fingerprint density at radius 2 is 2.39 bits per heavy atom. The maximum atomic E-state index is 11.9. The molecule has 0 spiro atoms. The number of aliphatic hydroxyl groups is 1. The lowest BCUT2D eigenvalue weighted by atomic mass is 10.1. The molecule has 1 aliphatic heterocycles. The van der Waals surface area contributed by atoms with Crippen LogP contribution in [0.15, 0.2) is 10.9 Å². The van der Waals surface area contributed by atoms with Gasteiger partial charge in [-0.05, 0) is 15.9 Å². The highest BCUT2D eigenvalue weighted by molar-refractivity contribution is 9.10. The van der Waals surface area contributed by atoms with Gasteiger partial charge in [0.1, 0.15) is 10.9 Å². The number of aliphatic hydroxyl groups excluding tert-OH is 1. The summed E-state index contributed by atoms with van der Waals surface area (Å²) in [4.78, 5) is 21.7. The first-order chi connectivity index (χ1) is 8.70. The Hall–Kier alpha value is -1.54. The predicted molar refractivity (Wildman–Crippen MR) is 66.9 cm³/mol. The molecule has 2 N–H and O–H groups in total. The Morgan fingerprint density at radius 3 is 3.11 bits per heavy atom. The second-order valence-corrected chi connectivity index (χ2v) is 4.98. The number of aromatic nitrogens is 4. The van der Waals surface area contributed by atoms with Gasteiger partial charge in [0.05, 0.1) is 5.39 Å². The average molecular weight is 312 g/mol. The highest BCUT2D eigenvalue weighted by Gasteiger charge is 2.32. The fraction of sp³-hybridized carbons (Fsp3) is 0.400. The van der Waals surface area contributed by atoms with Crippen molar-refractivity contribution in [2.75, 3.05) is 18.1 Å². The minimum atomic E-state index is -0.0397. The monoisotopic (exact) mass is 311 g/mol. The fourth-order valence-electron chi connectivity index (χ4n) is 2.12. The van der Waals surface area contributed by atoms with E-state index in [1.807, 2.05) is 0 Å². The van der Waals surface area contributed by atoms with Crippen LogP contribution >= 0.6 is 15.9 Å². The third-order valence-electron chi connectivity index (χ3n) is 3.01. The van der Waals surface area contributed by atoms with Crippen molar-refractivity contribution in [2.24, 2.45) is 5.92 Å². The van der Waals surface area contributed by atoms with Gasteiger partial charge in [0, 0.05) is 25.5 Å². The van der Waals surface area contributed by atoms with Crippen molar-refractivity contribution in [1.82, 2.24) is 20.2 Å². The number of anilines is 1. The summed E-state index contributed by atoms with van der Waals surface area (Å²) in [6.07, 6.45) is 1.72. The number of nitrogens with one attached hydrogen (secondary N) is 1. The molecule has 0 saturated carbocycles. The van der Waals surface area contributed by atoms with Crippen LogP contribution in [0.25, 0.3) is 11.0 Å². The number of nitrogens with zero attached hydrogens (tertiary/aromatic N) is 4. The number of hydrogen-bond donors (Lipinski definition) is 2. The van der Waals surface area contributed by atoms with Crippen LogP contribution in [0, 0.1) is 5.92 Å². The first kappa shape index (κ1) is 11.5. The summed E-state index contributed by atoms with van der Waals surface area (Å²) in [5, 5.41) is 16.6. The highest BCUT2D eigenvalue weighted by Crippen LogP contribution is 2.31. The van der Waals surface area contributed by atoms with Crippen molar-refractivity contribution in [1.29, 1.82) is 0 Å². The van der Waals surface area contributed by atoms with Crippen LogP contribution in [0.5, 0.6) is 0 Å². The molecule has 0 aromatic carbocycles. The first-order valence-electron chi connectivity index (χ1n) is 5.46. The molecule has 8 heteroatoms. The molecule has 1 saturated heterocycles. The highest BCUT2D eigenvalue weighted by atomic mass is 79.9. The third-order valence-corrected chi connectivity index (χ3v) is 3.58. The number of carbonyl (C=O) groups excluding carboxylic acids is 1.